The van der Waals surface area contributed by atoms with Crippen molar-refractivity contribution in [1.29, 1.82) is 5.26 Å². The molecule has 6 heteroatoms. The van der Waals surface area contributed by atoms with Crippen LogP contribution in [0, 0.1) is 11.3 Å². The monoisotopic (exact) mass is 325 g/mol. The molecule has 1 N–H and O–H groups in total. The third-order valence-corrected chi connectivity index (χ3v) is 4.36. The Hall–Kier alpha value is -2.94. The van der Waals surface area contributed by atoms with Crippen molar-refractivity contribution in [2.75, 3.05) is 27.3 Å². The summed E-state index contributed by atoms with van der Waals surface area (Å²) in [6.45, 7) is 1.32. The van der Waals surface area contributed by atoms with Gasteiger partial charge in [-0.25, -0.2) is 0 Å². The molecule has 0 radical (unpaired) electrons. The fraction of sp³-hybridized carbons (Fsp3) is 0.333. The highest BCUT2D eigenvalue weighted by Gasteiger charge is 2.29. The molecule has 24 heavy (non-hydrogen) atoms. The molecule has 1 atom stereocenters. The number of benzene rings is 1. The molecule has 3 rings (SSSR count). The second kappa shape index (κ2) is 6.67. The normalized spacial score (nSPS) is 16.7. The number of nitrogens with zero attached hydrogens (tertiary/aromatic N) is 2. The van der Waals surface area contributed by atoms with E-state index in [9.17, 15) is 4.79 Å². The van der Waals surface area contributed by atoms with Crippen LogP contribution in [-0.2, 0) is 0 Å². The van der Waals surface area contributed by atoms with Gasteiger partial charge in [0.25, 0.3) is 5.91 Å². The third kappa shape index (κ3) is 3.06. The summed E-state index contributed by atoms with van der Waals surface area (Å²) in [4.78, 5) is 17.2. The van der Waals surface area contributed by atoms with Gasteiger partial charge in [0.15, 0.2) is 0 Å². The summed E-state index contributed by atoms with van der Waals surface area (Å²) in [5.41, 5.74) is 2.02. The molecule has 0 spiro atoms. The molecule has 1 fully saturated rings. The minimum Gasteiger partial charge on any atom is -0.497 e. The highest BCUT2D eigenvalue weighted by Crippen LogP contribution is 2.33. The summed E-state index contributed by atoms with van der Waals surface area (Å²) in [6, 6.07) is 9.43. The molecular formula is C18H19N3O3. The van der Waals surface area contributed by atoms with Gasteiger partial charge >= 0.3 is 0 Å². The smallest absolute Gasteiger partial charge is 0.270 e. The van der Waals surface area contributed by atoms with Gasteiger partial charge in [0.05, 0.1) is 19.8 Å². The predicted octanol–water partition coefficient (Wildman–Crippen LogP) is 2.53. The van der Waals surface area contributed by atoms with Crippen LogP contribution in [0.1, 0.15) is 34.0 Å². The minimum absolute atomic E-state index is 0.0751. The second-order valence-corrected chi connectivity index (χ2v) is 5.80. The number of aromatic nitrogens is 1. The van der Waals surface area contributed by atoms with Crippen molar-refractivity contribution in [3.05, 3.63) is 47.3 Å². The number of amides is 1. The van der Waals surface area contributed by atoms with E-state index in [2.05, 4.69) is 4.98 Å². The number of rotatable bonds is 4. The van der Waals surface area contributed by atoms with Gasteiger partial charge in [0, 0.05) is 31.3 Å². The van der Waals surface area contributed by atoms with E-state index in [1.165, 1.54) is 0 Å². The van der Waals surface area contributed by atoms with E-state index in [0.717, 1.165) is 23.5 Å². The van der Waals surface area contributed by atoms with E-state index in [0.29, 0.717) is 24.3 Å². The van der Waals surface area contributed by atoms with E-state index >= 15 is 0 Å². The van der Waals surface area contributed by atoms with Crippen molar-refractivity contribution < 1.29 is 14.3 Å². The number of hydrogen-bond donors (Lipinski definition) is 1. The molecule has 1 aromatic heterocycles. The van der Waals surface area contributed by atoms with Crippen LogP contribution in [0.15, 0.2) is 30.5 Å². The first-order valence-electron chi connectivity index (χ1n) is 7.75. The molecule has 1 aromatic carbocycles. The average Bonchev–Trinajstić information content (AvgIpc) is 3.30. The number of H-pyrrole nitrogens is 1. The van der Waals surface area contributed by atoms with Crippen molar-refractivity contribution in [3.63, 3.8) is 0 Å². The van der Waals surface area contributed by atoms with Gasteiger partial charge in [-0.05, 0) is 30.2 Å². The Bertz CT molecular complexity index is 769. The molecule has 6 nitrogen and oxygen atoms in total. The van der Waals surface area contributed by atoms with Crippen LogP contribution < -0.4 is 9.47 Å². The standard InChI is InChI=1S/C18H19N3O3/c1-23-15-6-14(7-16(8-15)24-2)13-3-4-21(11-13)18(22)17-5-12(9-19)10-20-17/h5-8,10,13,20H,3-4,11H2,1-2H3/t13-/m1/s1. The average molecular weight is 325 g/mol. The maximum Gasteiger partial charge on any atom is 0.270 e. The number of ether oxygens (including phenoxy) is 2. The molecule has 2 heterocycles. The Morgan fingerprint density at radius 1 is 1.25 bits per heavy atom. The number of aromatic amines is 1. The van der Waals surface area contributed by atoms with E-state index < -0.39 is 0 Å². The molecule has 0 saturated carbocycles. The van der Waals surface area contributed by atoms with Crippen LogP contribution in [0.4, 0.5) is 0 Å². The Morgan fingerprint density at radius 3 is 2.54 bits per heavy atom. The van der Waals surface area contributed by atoms with Crippen LogP contribution in [0.5, 0.6) is 11.5 Å². The maximum atomic E-state index is 12.5. The van der Waals surface area contributed by atoms with Crippen LogP contribution in [-0.4, -0.2) is 43.1 Å². The van der Waals surface area contributed by atoms with Gasteiger partial charge in [-0.1, -0.05) is 0 Å². The van der Waals surface area contributed by atoms with Crippen LogP contribution in [0.2, 0.25) is 0 Å². The second-order valence-electron chi connectivity index (χ2n) is 5.80. The first-order chi connectivity index (χ1) is 11.6. The zero-order valence-corrected chi connectivity index (χ0v) is 13.7. The fourth-order valence-corrected chi connectivity index (χ4v) is 3.03. The van der Waals surface area contributed by atoms with Crippen molar-refractivity contribution in [2.24, 2.45) is 0 Å². The summed E-state index contributed by atoms with van der Waals surface area (Å²) in [7, 11) is 3.25. The van der Waals surface area contributed by atoms with Gasteiger partial charge in [-0.3, -0.25) is 4.79 Å². The van der Waals surface area contributed by atoms with Crippen molar-refractivity contribution in [2.45, 2.75) is 12.3 Å². The quantitative estimate of drug-likeness (QED) is 0.937. The summed E-state index contributed by atoms with van der Waals surface area (Å²) < 4.78 is 10.6. The molecule has 1 aliphatic heterocycles. The van der Waals surface area contributed by atoms with Crippen LogP contribution >= 0.6 is 0 Å². The van der Waals surface area contributed by atoms with Gasteiger partial charge in [-0.2, -0.15) is 5.26 Å². The molecule has 0 unspecified atom stereocenters. The predicted molar refractivity (Wildman–Crippen MR) is 88.3 cm³/mol. The first kappa shape index (κ1) is 15.9. The minimum atomic E-state index is -0.0751. The Morgan fingerprint density at radius 2 is 1.96 bits per heavy atom. The number of hydrogen-bond acceptors (Lipinski definition) is 4. The van der Waals surface area contributed by atoms with Gasteiger partial charge in [-0.15, -0.1) is 0 Å². The number of nitrogens with one attached hydrogen (secondary N) is 1. The molecule has 1 aliphatic rings. The molecule has 0 bridgehead atoms. The van der Waals surface area contributed by atoms with E-state index in [1.807, 2.05) is 29.2 Å². The lowest BCUT2D eigenvalue weighted by Gasteiger charge is -2.17. The topological polar surface area (TPSA) is 78.3 Å². The number of carbonyl (C=O) groups excluding carboxylic acids is 1. The Kier molecular flexibility index (Phi) is 4.43. The largest absolute Gasteiger partial charge is 0.497 e. The molecular weight excluding hydrogens is 306 g/mol. The van der Waals surface area contributed by atoms with Crippen molar-refractivity contribution >= 4 is 5.91 Å². The molecule has 124 valence electrons. The number of nitriles is 1. The zero-order chi connectivity index (χ0) is 17.1. The van der Waals surface area contributed by atoms with Gasteiger partial charge in [0.2, 0.25) is 0 Å². The van der Waals surface area contributed by atoms with Gasteiger partial charge < -0.3 is 19.4 Å². The van der Waals surface area contributed by atoms with Gasteiger partial charge in [0.1, 0.15) is 23.3 Å². The molecule has 1 saturated heterocycles. The summed E-state index contributed by atoms with van der Waals surface area (Å²) in [5, 5.41) is 8.87. The van der Waals surface area contributed by atoms with E-state index in [1.54, 1.807) is 26.5 Å². The van der Waals surface area contributed by atoms with E-state index in [-0.39, 0.29) is 11.8 Å². The lowest BCUT2D eigenvalue weighted by molar-refractivity contribution is 0.0785. The summed E-state index contributed by atoms with van der Waals surface area (Å²) in [6.07, 6.45) is 2.43. The lowest BCUT2D eigenvalue weighted by Crippen LogP contribution is -2.28. The molecule has 1 amide bonds. The Labute approximate surface area is 140 Å². The third-order valence-electron chi connectivity index (χ3n) is 4.36. The summed E-state index contributed by atoms with van der Waals surface area (Å²) in [5.74, 6) is 1.66. The lowest BCUT2D eigenvalue weighted by atomic mass is 9.98. The number of methoxy groups -OCH3 is 2. The fourth-order valence-electron chi connectivity index (χ4n) is 3.03. The zero-order valence-electron chi connectivity index (χ0n) is 13.7. The number of likely N-dealkylation sites (tertiary alicyclic amines) is 1. The van der Waals surface area contributed by atoms with Crippen molar-refractivity contribution in [1.82, 2.24) is 9.88 Å². The highest BCUT2D eigenvalue weighted by molar-refractivity contribution is 5.93. The molecule has 0 aliphatic carbocycles. The number of carbonyl (C=O) groups is 1. The van der Waals surface area contributed by atoms with Crippen LogP contribution in [0.25, 0.3) is 0 Å². The van der Waals surface area contributed by atoms with Crippen LogP contribution in [0.3, 0.4) is 0 Å². The highest BCUT2D eigenvalue weighted by atomic mass is 16.5. The first-order valence-corrected chi connectivity index (χ1v) is 7.75. The summed E-state index contributed by atoms with van der Waals surface area (Å²) >= 11 is 0. The van der Waals surface area contributed by atoms with E-state index in [4.69, 9.17) is 14.7 Å². The molecule has 2 aromatic rings. The van der Waals surface area contributed by atoms with Crippen molar-refractivity contribution in [3.8, 4) is 17.6 Å². The SMILES string of the molecule is COc1cc(OC)cc([C@@H]2CCN(C(=O)c3cc(C#N)c[nH]3)C2)c1. The Balaban J connectivity index is 1.75. The maximum absolute atomic E-state index is 12.5.